The van der Waals surface area contributed by atoms with Gasteiger partial charge in [-0.25, -0.2) is 4.98 Å². The van der Waals surface area contributed by atoms with Crippen LogP contribution < -0.4 is 20.3 Å². The first-order chi connectivity index (χ1) is 17.4. The predicted octanol–water partition coefficient (Wildman–Crippen LogP) is 5.28. The monoisotopic (exact) mass is 485 g/mol. The van der Waals surface area contributed by atoms with Gasteiger partial charge in [-0.05, 0) is 67.9 Å². The molecule has 0 bridgehead atoms. The molecule has 2 fully saturated rings. The van der Waals surface area contributed by atoms with Crippen molar-refractivity contribution in [3.63, 3.8) is 0 Å². The molecule has 0 radical (unpaired) electrons. The average molecular weight is 486 g/mol. The van der Waals surface area contributed by atoms with Gasteiger partial charge < -0.3 is 19.4 Å². The molecular formula is C27H27N5O4. The molecular weight excluding hydrogens is 458 g/mol. The molecule has 3 aromatic heterocycles. The number of fused-ring (bicyclic) bond motifs is 1. The fraction of sp³-hybridized carbons (Fsp3) is 0.333. The Kier molecular flexibility index (Phi) is 5.47. The third-order valence-corrected chi connectivity index (χ3v) is 6.83. The molecule has 184 valence electrons. The zero-order valence-electron chi connectivity index (χ0n) is 20.2. The Bertz CT molecular complexity index is 1530. The lowest BCUT2D eigenvalue weighted by Gasteiger charge is -2.28. The van der Waals surface area contributed by atoms with Crippen LogP contribution in [-0.2, 0) is 11.8 Å². The van der Waals surface area contributed by atoms with Crippen molar-refractivity contribution in [1.82, 2.24) is 19.1 Å². The predicted molar refractivity (Wildman–Crippen MR) is 135 cm³/mol. The van der Waals surface area contributed by atoms with E-state index in [2.05, 4.69) is 15.3 Å². The molecule has 0 unspecified atom stereocenters. The van der Waals surface area contributed by atoms with Crippen LogP contribution >= 0.6 is 0 Å². The molecule has 6 rings (SSSR count). The maximum Gasteiger partial charge on any atom is 0.302 e. The van der Waals surface area contributed by atoms with Crippen molar-refractivity contribution in [2.24, 2.45) is 7.05 Å². The molecule has 2 saturated carbocycles. The lowest BCUT2D eigenvalue weighted by molar-refractivity contribution is -0.114. The van der Waals surface area contributed by atoms with Gasteiger partial charge in [0.05, 0.1) is 11.0 Å². The number of benzene rings is 1. The number of amides is 1. The highest BCUT2D eigenvalue weighted by atomic mass is 16.5. The van der Waals surface area contributed by atoms with Gasteiger partial charge in [-0.15, -0.1) is 0 Å². The second-order valence-electron chi connectivity index (χ2n) is 9.58. The summed E-state index contributed by atoms with van der Waals surface area (Å²) in [5, 5.41) is 2.65. The second kappa shape index (κ2) is 8.82. The maximum absolute atomic E-state index is 13.2. The average Bonchev–Trinajstić information content (AvgIpc) is 3.61. The van der Waals surface area contributed by atoms with Crippen molar-refractivity contribution in [3.05, 3.63) is 64.7 Å². The summed E-state index contributed by atoms with van der Waals surface area (Å²) in [6.45, 7) is 1.43. The summed E-state index contributed by atoms with van der Waals surface area (Å²) in [4.78, 5) is 33.3. The van der Waals surface area contributed by atoms with Crippen LogP contribution in [0, 0.1) is 0 Å². The van der Waals surface area contributed by atoms with Gasteiger partial charge in [0.25, 0.3) is 5.56 Å². The standard InChI is InChI=1S/C27H27N5O4/c1-16(33)29-25-14-21(10-11-28-25)35-20-8-9-22-23(13-20)31(2)27(30-22)36-24-12-18(17-6-7-17)15-32(26(24)34)19-4-3-5-19/h8-15,17,19H,3-7H2,1-2H3,(H,28,29,33). The van der Waals surface area contributed by atoms with E-state index in [1.165, 1.54) is 12.5 Å². The van der Waals surface area contributed by atoms with Crippen molar-refractivity contribution in [2.75, 3.05) is 5.32 Å². The number of aromatic nitrogens is 4. The topological polar surface area (TPSA) is 100 Å². The lowest BCUT2D eigenvalue weighted by atomic mass is 9.92. The summed E-state index contributed by atoms with van der Waals surface area (Å²) in [6, 6.07) is 11.4. The second-order valence-corrected chi connectivity index (χ2v) is 9.58. The van der Waals surface area contributed by atoms with Crippen LogP contribution in [0.1, 0.15) is 56.6 Å². The Morgan fingerprint density at radius 1 is 1.06 bits per heavy atom. The van der Waals surface area contributed by atoms with Crippen molar-refractivity contribution in [3.8, 4) is 23.3 Å². The molecule has 3 heterocycles. The molecule has 1 aromatic carbocycles. The maximum atomic E-state index is 13.2. The van der Waals surface area contributed by atoms with Crippen molar-refractivity contribution in [2.45, 2.75) is 51.0 Å². The molecule has 1 amide bonds. The summed E-state index contributed by atoms with van der Waals surface area (Å²) in [5.41, 5.74) is 2.59. The number of nitrogens with zero attached hydrogens (tertiary/aromatic N) is 4. The van der Waals surface area contributed by atoms with E-state index in [4.69, 9.17) is 9.47 Å². The first kappa shape index (κ1) is 22.3. The van der Waals surface area contributed by atoms with Crippen LogP contribution in [0.2, 0.25) is 0 Å². The molecule has 4 aromatic rings. The van der Waals surface area contributed by atoms with E-state index >= 15 is 0 Å². The summed E-state index contributed by atoms with van der Waals surface area (Å²) in [5.74, 6) is 2.19. The van der Waals surface area contributed by atoms with Crippen LogP contribution in [0.15, 0.2) is 53.6 Å². The zero-order valence-corrected chi connectivity index (χ0v) is 20.2. The molecule has 1 N–H and O–H groups in total. The number of hydrogen-bond donors (Lipinski definition) is 1. The van der Waals surface area contributed by atoms with Crippen LogP contribution in [0.4, 0.5) is 5.82 Å². The summed E-state index contributed by atoms with van der Waals surface area (Å²) in [7, 11) is 1.85. The Labute approximate surface area is 207 Å². The van der Waals surface area contributed by atoms with Crippen LogP contribution in [0.5, 0.6) is 23.3 Å². The fourth-order valence-electron chi connectivity index (χ4n) is 4.51. The van der Waals surface area contributed by atoms with Crippen molar-refractivity contribution >= 4 is 22.8 Å². The normalized spacial score (nSPS) is 15.5. The Morgan fingerprint density at radius 3 is 2.58 bits per heavy atom. The van der Waals surface area contributed by atoms with E-state index in [0.717, 1.165) is 43.1 Å². The van der Waals surface area contributed by atoms with Gasteiger partial charge in [-0.3, -0.25) is 14.2 Å². The highest BCUT2D eigenvalue weighted by Gasteiger charge is 2.29. The molecule has 9 nitrogen and oxygen atoms in total. The number of hydrogen-bond acceptors (Lipinski definition) is 6. The number of ether oxygens (including phenoxy) is 2. The van der Waals surface area contributed by atoms with Crippen molar-refractivity contribution < 1.29 is 14.3 Å². The van der Waals surface area contributed by atoms with E-state index < -0.39 is 0 Å². The molecule has 0 spiro atoms. The molecule has 2 aliphatic carbocycles. The van der Waals surface area contributed by atoms with Gasteiger partial charge in [-0.2, -0.15) is 4.98 Å². The number of pyridine rings is 2. The van der Waals surface area contributed by atoms with Gasteiger partial charge in [0.15, 0.2) is 5.75 Å². The van der Waals surface area contributed by atoms with Gasteiger partial charge in [0.1, 0.15) is 17.3 Å². The molecule has 0 saturated heterocycles. The fourth-order valence-corrected chi connectivity index (χ4v) is 4.51. The molecule has 0 aliphatic heterocycles. The Morgan fingerprint density at radius 2 is 1.86 bits per heavy atom. The van der Waals surface area contributed by atoms with Crippen LogP contribution in [0.3, 0.4) is 0 Å². The van der Waals surface area contributed by atoms with Gasteiger partial charge >= 0.3 is 6.01 Å². The molecule has 2 aliphatic rings. The number of aryl methyl sites for hydroxylation is 1. The highest BCUT2D eigenvalue weighted by Crippen LogP contribution is 2.42. The quantitative estimate of drug-likeness (QED) is 0.383. The first-order valence-electron chi connectivity index (χ1n) is 12.3. The molecule has 0 atom stereocenters. The van der Waals surface area contributed by atoms with Gasteiger partial charge in [-0.1, -0.05) is 0 Å². The molecule has 36 heavy (non-hydrogen) atoms. The minimum absolute atomic E-state index is 0.104. The summed E-state index contributed by atoms with van der Waals surface area (Å²) >= 11 is 0. The minimum atomic E-state index is -0.203. The highest BCUT2D eigenvalue weighted by molar-refractivity contribution is 5.87. The number of rotatable bonds is 7. The number of imidazole rings is 1. The van der Waals surface area contributed by atoms with Gasteiger partial charge in [0.2, 0.25) is 5.91 Å². The number of anilines is 1. The van der Waals surface area contributed by atoms with Crippen LogP contribution in [-0.4, -0.2) is 25.0 Å². The molecule has 9 heteroatoms. The van der Waals surface area contributed by atoms with E-state index in [9.17, 15) is 9.59 Å². The smallest absolute Gasteiger partial charge is 0.302 e. The van der Waals surface area contributed by atoms with Crippen LogP contribution in [0.25, 0.3) is 11.0 Å². The zero-order chi connectivity index (χ0) is 24.8. The Hall–Kier alpha value is -4.14. The van der Waals surface area contributed by atoms with Crippen molar-refractivity contribution in [1.29, 1.82) is 0 Å². The first-order valence-corrected chi connectivity index (χ1v) is 12.3. The summed E-state index contributed by atoms with van der Waals surface area (Å²) in [6.07, 6.45) is 9.14. The van der Waals surface area contributed by atoms with E-state index in [1.54, 1.807) is 18.3 Å². The largest absolute Gasteiger partial charge is 0.457 e. The SMILES string of the molecule is CC(=O)Nc1cc(Oc2ccc3nc(Oc4cc(C5CC5)cn(C5CCC5)c4=O)n(C)c3c2)ccn1. The van der Waals surface area contributed by atoms with Gasteiger partial charge in [0, 0.05) is 44.5 Å². The third kappa shape index (κ3) is 4.32. The lowest BCUT2D eigenvalue weighted by Crippen LogP contribution is -2.29. The summed E-state index contributed by atoms with van der Waals surface area (Å²) < 4.78 is 15.8. The number of nitrogens with one attached hydrogen (secondary N) is 1. The van der Waals surface area contributed by atoms with E-state index in [-0.39, 0.29) is 17.5 Å². The minimum Gasteiger partial charge on any atom is -0.457 e. The third-order valence-electron chi connectivity index (χ3n) is 6.83. The van der Waals surface area contributed by atoms with E-state index in [1.807, 2.05) is 46.6 Å². The number of carbonyl (C=O) groups is 1. The Balaban J connectivity index is 1.29. The number of carbonyl (C=O) groups excluding carboxylic acids is 1. The van der Waals surface area contributed by atoms with E-state index in [0.29, 0.717) is 35.0 Å².